The Hall–Kier alpha value is -1.75. The Morgan fingerprint density at radius 2 is 2.05 bits per heavy atom. The third kappa shape index (κ3) is 2.98. The molecule has 100 valence electrons. The third-order valence-corrected chi connectivity index (χ3v) is 3.94. The number of hydrogen-bond donors (Lipinski definition) is 0. The molecule has 0 N–H and O–H groups in total. The molecule has 0 radical (unpaired) electrons. The van der Waals surface area contributed by atoms with Gasteiger partial charge in [-0.15, -0.1) is 11.3 Å². The highest BCUT2D eigenvalue weighted by atomic mass is 32.1. The number of hydrogen-bond acceptors (Lipinski definition) is 4. The van der Waals surface area contributed by atoms with Crippen molar-refractivity contribution in [3.8, 4) is 0 Å². The second-order valence-electron chi connectivity index (χ2n) is 4.77. The third-order valence-electron chi connectivity index (χ3n) is 2.95. The van der Waals surface area contributed by atoms with Crippen LogP contribution in [-0.2, 0) is 6.42 Å². The first-order valence-corrected chi connectivity index (χ1v) is 6.99. The quantitative estimate of drug-likeness (QED) is 0.624. The maximum Gasteiger partial charge on any atom is 0.273 e. The molecule has 0 fully saturated rings. The van der Waals surface area contributed by atoms with Crippen molar-refractivity contribution in [2.24, 2.45) is 0 Å². The molecule has 1 aromatic carbocycles. The fourth-order valence-electron chi connectivity index (χ4n) is 2.08. The summed E-state index contributed by atoms with van der Waals surface area (Å²) in [5.41, 5.74) is 1.98. The molecule has 0 saturated heterocycles. The van der Waals surface area contributed by atoms with E-state index in [0.29, 0.717) is 12.3 Å². The van der Waals surface area contributed by atoms with Crippen molar-refractivity contribution in [2.75, 3.05) is 0 Å². The van der Waals surface area contributed by atoms with Gasteiger partial charge in [0, 0.05) is 22.9 Å². The summed E-state index contributed by atoms with van der Waals surface area (Å²) in [6.07, 6.45) is 0.523. The Bertz CT molecular complexity index is 605. The van der Waals surface area contributed by atoms with Crippen LogP contribution in [0.4, 0.5) is 5.69 Å². The fourth-order valence-corrected chi connectivity index (χ4v) is 3.19. The molecule has 0 unspecified atom stereocenters. The van der Waals surface area contributed by atoms with Gasteiger partial charge in [-0.1, -0.05) is 32.0 Å². The molecule has 0 aliphatic rings. The van der Waals surface area contributed by atoms with E-state index in [2.05, 4.69) is 25.8 Å². The lowest BCUT2D eigenvalue weighted by Crippen LogP contribution is -1.96. The zero-order valence-corrected chi connectivity index (χ0v) is 12.0. The molecule has 0 atom stereocenters. The molecule has 0 saturated carbocycles. The Morgan fingerprint density at radius 1 is 1.37 bits per heavy atom. The van der Waals surface area contributed by atoms with Crippen LogP contribution < -0.4 is 0 Å². The van der Waals surface area contributed by atoms with Crippen LogP contribution in [0.5, 0.6) is 0 Å². The van der Waals surface area contributed by atoms with E-state index in [1.54, 1.807) is 29.5 Å². The van der Waals surface area contributed by atoms with Crippen molar-refractivity contribution in [1.82, 2.24) is 4.98 Å². The van der Waals surface area contributed by atoms with E-state index >= 15 is 0 Å². The topological polar surface area (TPSA) is 56.0 Å². The Labute approximate surface area is 116 Å². The lowest BCUT2D eigenvalue weighted by Gasteiger charge is -2.01. The summed E-state index contributed by atoms with van der Waals surface area (Å²) in [4.78, 5) is 16.4. The van der Waals surface area contributed by atoms with Crippen LogP contribution in [0.3, 0.4) is 0 Å². The van der Waals surface area contributed by atoms with Crippen molar-refractivity contribution in [3.05, 3.63) is 55.5 Å². The second-order valence-corrected chi connectivity index (χ2v) is 6.05. The molecule has 0 bridgehead atoms. The van der Waals surface area contributed by atoms with Crippen LogP contribution in [0.1, 0.15) is 40.9 Å². The van der Waals surface area contributed by atoms with Crippen molar-refractivity contribution in [2.45, 2.75) is 33.1 Å². The number of thiazole rings is 1. The maximum absolute atomic E-state index is 11.0. The van der Waals surface area contributed by atoms with Gasteiger partial charge < -0.3 is 0 Å². The largest absolute Gasteiger partial charge is 0.273 e. The number of nitro benzene ring substituents is 1. The summed E-state index contributed by atoms with van der Waals surface area (Å²) in [6.45, 7) is 6.27. The summed E-state index contributed by atoms with van der Waals surface area (Å²) < 4.78 is 0. The van der Waals surface area contributed by atoms with E-state index in [1.807, 2.05) is 6.07 Å². The van der Waals surface area contributed by atoms with Gasteiger partial charge >= 0.3 is 0 Å². The van der Waals surface area contributed by atoms with E-state index < -0.39 is 0 Å². The zero-order chi connectivity index (χ0) is 14.0. The molecule has 5 heteroatoms. The van der Waals surface area contributed by atoms with E-state index in [4.69, 9.17) is 0 Å². The lowest BCUT2D eigenvalue weighted by atomic mass is 10.1. The normalized spacial score (nSPS) is 10.9. The number of benzene rings is 1. The van der Waals surface area contributed by atoms with Gasteiger partial charge in [0.15, 0.2) is 0 Å². The van der Waals surface area contributed by atoms with Crippen molar-refractivity contribution >= 4 is 17.0 Å². The number of aromatic nitrogens is 1. The minimum Gasteiger partial charge on any atom is -0.258 e. The molecular weight excluding hydrogens is 260 g/mol. The van der Waals surface area contributed by atoms with Gasteiger partial charge in [0.2, 0.25) is 0 Å². The van der Waals surface area contributed by atoms with Gasteiger partial charge in [-0.05, 0) is 12.8 Å². The van der Waals surface area contributed by atoms with Gasteiger partial charge in [-0.2, -0.15) is 0 Å². The Balaban J connectivity index is 2.31. The van der Waals surface area contributed by atoms with Crippen LogP contribution in [0.15, 0.2) is 24.3 Å². The van der Waals surface area contributed by atoms with Gasteiger partial charge in [0.1, 0.15) is 0 Å². The fraction of sp³-hybridized carbons (Fsp3) is 0.357. The molecule has 0 amide bonds. The summed E-state index contributed by atoms with van der Waals surface area (Å²) >= 11 is 1.62. The number of nitro groups is 1. The molecule has 2 rings (SSSR count). The highest BCUT2D eigenvalue weighted by Gasteiger charge is 2.16. The summed E-state index contributed by atoms with van der Waals surface area (Å²) in [7, 11) is 0. The second kappa shape index (κ2) is 5.48. The van der Waals surface area contributed by atoms with Gasteiger partial charge in [0.05, 0.1) is 15.6 Å². The predicted octanol–water partition coefficient (Wildman–Crippen LogP) is 4.07. The maximum atomic E-state index is 11.0. The Morgan fingerprint density at radius 3 is 2.63 bits per heavy atom. The van der Waals surface area contributed by atoms with Crippen LogP contribution >= 0.6 is 11.3 Å². The number of rotatable bonds is 4. The van der Waals surface area contributed by atoms with Crippen molar-refractivity contribution in [3.63, 3.8) is 0 Å². The first kappa shape index (κ1) is 13.7. The summed E-state index contributed by atoms with van der Waals surface area (Å²) in [6, 6.07) is 6.85. The first-order valence-electron chi connectivity index (χ1n) is 6.17. The molecular formula is C14H16N2O2S. The van der Waals surface area contributed by atoms with Crippen LogP contribution in [0.25, 0.3) is 0 Å². The van der Waals surface area contributed by atoms with Crippen molar-refractivity contribution < 1.29 is 4.92 Å². The monoisotopic (exact) mass is 276 g/mol. The first-order chi connectivity index (χ1) is 8.99. The van der Waals surface area contributed by atoms with Crippen LogP contribution in [0.2, 0.25) is 0 Å². The minimum absolute atomic E-state index is 0.168. The molecule has 1 heterocycles. The molecule has 19 heavy (non-hydrogen) atoms. The molecule has 0 spiro atoms. The predicted molar refractivity (Wildman–Crippen MR) is 76.8 cm³/mol. The lowest BCUT2D eigenvalue weighted by molar-refractivity contribution is -0.385. The van der Waals surface area contributed by atoms with E-state index in [0.717, 1.165) is 16.3 Å². The van der Waals surface area contributed by atoms with Crippen molar-refractivity contribution in [1.29, 1.82) is 0 Å². The smallest absolute Gasteiger partial charge is 0.258 e. The van der Waals surface area contributed by atoms with Gasteiger partial charge in [0.25, 0.3) is 5.69 Å². The molecule has 4 nitrogen and oxygen atoms in total. The minimum atomic E-state index is -0.334. The average Bonchev–Trinajstić information content (AvgIpc) is 2.71. The Kier molecular flexibility index (Phi) is 3.95. The highest BCUT2D eigenvalue weighted by molar-refractivity contribution is 7.11. The highest BCUT2D eigenvalue weighted by Crippen LogP contribution is 2.28. The standard InChI is InChI=1S/C14H16N2O2S/c1-9(2)14-10(3)19-13(15-14)8-11-6-4-5-7-12(11)16(17)18/h4-7,9H,8H2,1-3H3. The van der Waals surface area contributed by atoms with Crippen LogP contribution in [-0.4, -0.2) is 9.91 Å². The van der Waals surface area contributed by atoms with Gasteiger partial charge in [-0.3, -0.25) is 10.1 Å². The van der Waals surface area contributed by atoms with E-state index in [-0.39, 0.29) is 10.6 Å². The molecule has 1 aromatic heterocycles. The molecule has 2 aromatic rings. The van der Waals surface area contributed by atoms with Gasteiger partial charge in [-0.25, -0.2) is 4.98 Å². The van der Waals surface area contributed by atoms with Crippen LogP contribution in [0, 0.1) is 17.0 Å². The summed E-state index contributed by atoms with van der Waals surface area (Å²) in [5.74, 6) is 0.385. The SMILES string of the molecule is Cc1sc(Cc2ccccc2[N+](=O)[O-])nc1C(C)C. The van der Waals surface area contributed by atoms with E-state index in [9.17, 15) is 10.1 Å². The summed E-state index contributed by atoms with van der Waals surface area (Å²) in [5, 5.41) is 11.9. The number of aryl methyl sites for hydroxylation is 1. The number of nitrogens with zero attached hydrogens (tertiary/aromatic N) is 2. The number of para-hydroxylation sites is 1. The molecule has 0 aliphatic carbocycles. The van der Waals surface area contributed by atoms with E-state index in [1.165, 1.54) is 4.88 Å². The molecule has 0 aliphatic heterocycles. The zero-order valence-electron chi connectivity index (χ0n) is 11.2. The average molecular weight is 276 g/mol.